The molecule has 7 nitrogen and oxygen atoms in total. The van der Waals surface area contributed by atoms with E-state index in [0.29, 0.717) is 31.5 Å². The van der Waals surface area contributed by atoms with E-state index in [-0.39, 0.29) is 24.2 Å². The molecule has 1 fully saturated rings. The smallest absolute Gasteiger partial charge is 0.251 e. The Morgan fingerprint density at radius 3 is 2.67 bits per heavy atom. The second kappa shape index (κ2) is 9.53. The summed E-state index contributed by atoms with van der Waals surface area (Å²) in [5, 5.41) is 13.4. The van der Waals surface area contributed by atoms with Crippen LogP contribution in [0.3, 0.4) is 0 Å². The van der Waals surface area contributed by atoms with Crippen molar-refractivity contribution < 1.29 is 9.59 Å². The molecule has 2 amide bonds. The predicted octanol–water partition coefficient (Wildman–Crippen LogP) is 1.45. The third kappa shape index (κ3) is 4.67. The Labute approximate surface area is 165 Å². The molecule has 0 aliphatic carbocycles. The van der Waals surface area contributed by atoms with Crippen LogP contribution in [0.2, 0.25) is 0 Å². The highest BCUT2D eigenvalue weighted by atomic mass is 35.5. The minimum atomic E-state index is -0.661. The standard InChI is InChI=1S/C19H25N5O2.ClH/c1-2-21-17(25)16-6-3-5-15(13-16)14-22-18(26)19(7-10-20-11-8-19)24-12-4-9-23-24;/h3-6,9,12-13,20H,2,7-8,10-11,14H2,1H3,(H,21,25)(H,22,26);1H. The number of carbonyl (C=O) groups is 2. The van der Waals surface area contributed by atoms with Crippen molar-refractivity contribution in [2.45, 2.75) is 31.8 Å². The molecule has 3 N–H and O–H groups in total. The molecule has 146 valence electrons. The van der Waals surface area contributed by atoms with E-state index in [9.17, 15) is 9.59 Å². The van der Waals surface area contributed by atoms with Crippen molar-refractivity contribution in [3.8, 4) is 0 Å². The van der Waals surface area contributed by atoms with E-state index < -0.39 is 5.54 Å². The zero-order valence-corrected chi connectivity index (χ0v) is 16.2. The molecule has 0 unspecified atom stereocenters. The Balaban J connectivity index is 0.00000261. The summed E-state index contributed by atoms with van der Waals surface area (Å²) < 4.78 is 1.77. The molecule has 2 aromatic rings. The molecule has 0 atom stereocenters. The summed E-state index contributed by atoms with van der Waals surface area (Å²) in [7, 11) is 0. The van der Waals surface area contributed by atoms with Crippen LogP contribution in [0.4, 0.5) is 0 Å². The molecule has 0 bridgehead atoms. The molecule has 2 heterocycles. The highest BCUT2D eigenvalue weighted by molar-refractivity contribution is 5.94. The lowest BCUT2D eigenvalue weighted by Gasteiger charge is -2.36. The molecule has 0 radical (unpaired) electrons. The highest BCUT2D eigenvalue weighted by Crippen LogP contribution is 2.27. The number of benzene rings is 1. The van der Waals surface area contributed by atoms with Crippen molar-refractivity contribution in [3.05, 3.63) is 53.9 Å². The van der Waals surface area contributed by atoms with Crippen LogP contribution in [0.25, 0.3) is 0 Å². The number of piperidine rings is 1. The van der Waals surface area contributed by atoms with E-state index >= 15 is 0 Å². The molecule has 1 aromatic heterocycles. The first-order valence-electron chi connectivity index (χ1n) is 9.02. The number of rotatable bonds is 6. The molecule has 1 aliphatic rings. The molecule has 0 saturated carbocycles. The molecular formula is C19H26ClN5O2. The van der Waals surface area contributed by atoms with Gasteiger partial charge in [-0.2, -0.15) is 5.10 Å². The number of carbonyl (C=O) groups excluding carboxylic acids is 2. The van der Waals surface area contributed by atoms with Crippen LogP contribution in [0.1, 0.15) is 35.7 Å². The van der Waals surface area contributed by atoms with Crippen molar-refractivity contribution in [3.63, 3.8) is 0 Å². The number of nitrogens with zero attached hydrogens (tertiary/aromatic N) is 2. The van der Waals surface area contributed by atoms with Crippen LogP contribution in [0.15, 0.2) is 42.7 Å². The second-order valence-corrected chi connectivity index (χ2v) is 6.47. The van der Waals surface area contributed by atoms with E-state index in [2.05, 4.69) is 21.0 Å². The summed E-state index contributed by atoms with van der Waals surface area (Å²) >= 11 is 0. The number of hydrogen-bond donors (Lipinski definition) is 3. The molecular weight excluding hydrogens is 366 g/mol. The van der Waals surface area contributed by atoms with Gasteiger partial charge in [-0.1, -0.05) is 12.1 Å². The first kappa shape index (κ1) is 20.9. The Bertz CT molecular complexity index is 757. The van der Waals surface area contributed by atoms with Gasteiger partial charge in [0.15, 0.2) is 0 Å². The maximum absolute atomic E-state index is 13.0. The average molecular weight is 392 g/mol. The van der Waals surface area contributed by atoms with Gasteiger partial charge in [0, 0.05) is 31.0 Å². The highest BCUT2D eigenvalue weighted by Gasteiger charge is 2.41. The van der Waals surface area contributed by atoms with Crippen LogP contribution in [0, 0.1) is 0 Å². The van der Waals surface area contributed by atoms with E-state index in [1.807, 2.05) is 37.4 Å². The molecule has 1 saturated heterocycles. The number of halogens is 1. The number of nitrogens with one attached hydrogen (secondary N) is 3. The molecule has 1 aromatic carbocycles. The van der Waals surface area contributed by atoms with Gasteiger partial charge in [0.1, 0.15) is 5.54 Å². The van der Waals surface area contributed by atoms with E-state index in [0.717, 1.165) is 18.7 Å². The van der Waals surface area contributed by atoms with Gasteiger partial charge >= 0.3 is 0 Å². The van der Waals surface area contributed by atoms with Gasteiger partial charge in [-0.15, -0.1) is 12.4 Å². The third-order valence-electron chi connectivity index (χ3n) is 4.78. The maximum atomic E-state index is 13.0. The summed E-state index contributed by atoms with van der Waals surface area (Å²) in [6.45, 7) is 4.40. The van der Waals surface area contributed by atoms with Gasteiger partial charge < -0.3 is 16.0 Å². The van der Waals surface area contributed by atoms with Gasteiger partial charge in [0.25, 0.3) is 5.91 Å². The minimum Gasteiger partial charge on any atom is -0.352 e. The number of amides is 2. The van der Waals surface area contributed by atoms with Crippen LogP contribution >= 0.6 is 12.4 Å². The third-order valence-corrected chi connectivity index (χ3v) is 4.78. The SMILES string of the molecule is CCNC(=O)c1cccc(CNC(=O)C2(n3cccn3)CCNCC2)c1.Cl. The molecule has 27 heavy (non-hydrogen) atoms. The van der Waals surface area contributed by atoms with E-state index in [1.54, 1.807) is 16.9 Å². The Morgan fingerprint density at radius 1 is 1.22 bits per heavy atom. The van der Waals surface area contributed by atoms with E-state index in [1.165, 1.54) is 0 Å². The minimum absolute atomic E-state index is 0. The van der Waals surface area contributed by atoms with Crippen molar-refractivity contribution >= 4 is 24.2 Å². The molecule has 0 spiro atoms. The summed E-state index contributed by atoms with van der Waals surface area (Å²) in [5.74, 6) is -0.141. The van der Waals surface area contributed by atoms with Crippen LogP contribution in [-0.2, 0) is 16.9 Å². The average Bonchev–Trinajstić information content (AvgIpc) is 3.22. The molecule has 3 rings (SSSR count). The Kier molecular flexibility index (Phi) is 7.38. The second-order valence-electron chi connectivity index (χ2n) is 6.47. The summed E-state index contributed by atoms with van der Waals surface area (Å²) in [6, 6.07) is 9.17. The predicted molar refractivity (Wildman–Crippen MR) is 106 cm³/mol. The lowest BCUT2D eigenvalue weighted by Crippen LogP contribution is -2.54. The largest absolute Gasteiger partial charge is 0.352 e. The topological polar surface area (TPSA) is 88.1 Å². The fourth-order valence-electron chi connectivity index (χ4n) is 3.35. The Morgan fingerprint density at radius 2 is 2.00 bits per heavy atom. The van der Waals surface area contributed by atoms with Gasteiger partial charge in [-0.25, -0.2) is 0 Å². The summed E-state index contributed by atoms with van der Waals surface area (Å²) in [5.41, 5.74) is 0.834. The number of aromatic nitrogens is 2. The van der Waals surface area contributed by atoms with Crippen LogP contribution in [-0.4, -0.2) is 41.2 Å². The van der Waals surface area contributed by atoms with E-state index in [4.69, 9.17) is 0 Å². The van der Waals surface area contributed by atoms with Crippen LogP contribution in [0.5, 0.6) is 0 Å². The van der Waals surface area contributed by atoms with Crippen molar-refractivity contribution in [1.82, 2.24) is 25.7 Å². The summed E-state index contributed by atoms with van der Waals surface area (Å²) in [4.78, 5) is 25.0. The monoisotopic (exact) mass is 391 g/mol. The lowest BCUT2D eigenvalue weighted by atomic mass is 9.87. The lowest BCUT2D eigenvalue weighted by molar-refractivity contribution is -0.132. The zero-order valence-electron chi connectivity index (χ0n) is 15.4. The Hall–Kier alpha value is -2.38. The van der Waals surface area contributed by atoms with Gasteiger partial charge in [-0.3, -0.25) is 14.3 Å². The first-order valence-corrected chi connectivity index (χ1v) is 9.02. The van der Waals surface area contributed by atoms with Crippen molar-refractivity contribution in [1.29, 1.82) is 0 Å². The van der Waals surface area contributed by atoms with Gasteiger partial charge in [-0.05, 0) is 56.6 Å². The fraction of sp³-hybridized carbons (Fsp3) is 0.421. The zero-order chi connectivity index (χ0) is 18.4. The molecule has 8 heteroatoms. The molecule has 1 aliphatic heterocycles. The normalized spacial score (nSPS) is 15.4. The van der Waals surface area contributed by atoms with Crippen molar-refractivity contribution in [2.24, 2.45) is 0 Å². The van der Waals surface area contributed by atoms with Crippen LogP contribution < -0.4 is 16.0 Å². The number of hydrogen-bond acceptors (Lipinski definition) is 4. The van der Waals surface area contributed by atoms with Gasteiger partial charge in [0.05, 0.1) is 0 Å². The summed E-state index contributed by atoms with van der Waals surface area (Å²) in [6.07, 6.45) is 4.94. The first-order chi connectivity index (χ1) is 12.7. The maximum Gasteiger partial charge on any atom is 0.251 e. The fourth-order valence-corrected chi connectivity index (χ4v) is 3.35. The van der Waals surface area contributed by atoms with Gasteiger partial charge in [0.2, 0.25) is 5.91 Å². The van der Waals surface area contributed by atoms with Crippen molar-refractivity contribution in [2.75, 3.05) is 19.6 Å². The quantitative estimate of drug-likeness (QED) is 0.695.